The summed E-state index contributed by atoms with van der Waals surface area (Å²) in [6.45, 7) is 6.76. The summed E-state index contributed by atoms with van der Waals surface area (Å²) in [7, 11) is 0. The Hall–Kier alpha value is -3.50. The third-order valence-electron chi connectivity index (χ3n) is 4.01. The molecule has 0 fully saturated rings. The van der Waals surface area contributed by atoms with Crippen LogP contribution in [0.15, 0.2) is 17.3 Å². The summed E-state index contributed by atoms with van der Waals surface area (Å²) in [6, 6.07) is 0.705. The molecule has 2 aromatic rings. The first-order chi connectivity index (χ1) is 13.3. The van der Waals surface area contributed by atoms with Crippen molar-refractivity contribution >= 4 is 23.7 Å². The topological polar surface area (TPSA) is 137 Å². The minimum Gasteiger partial charge on any atom is -0.463 e. The van der Waals surface area contributed by atoms with E-state index in [2.05, 4.69) is 25.7 Å². The molecule has 1 aliphatic heterocycles. The Balaban J connectivity index is 1.81. The maximum atomic E-state index is 12.4. The predicted molar refractivity (Wildman–Crippen MR) is 95.3 cm³/mol. The third kappa shape index (κ3) is 3.77. The number of carbonyl (C=O) groups is 3. The molecule has 0 bridgehead atoms. The molecule has 3 rings (SSSR count). The second-order valence-corrected chi connectivity index (χ2v) is 6.20. The van der Waals surface area contributed by atoms with Crippen molar-refractivity contribution in [2.45, 2.75) is 33.7 Å². The van der Waals surface area contributed by atoms with Crippen LogP contribution in [0.4, 0.5) is 4.79 Å². The lowest BCUT2D eigenvalue weighted by Gasteiger charge is -2.26. The van der Waals surface area contributed by atoms with Crippen molar-refractivity contribution in [3.63, 3.8) is 0 Å². The number of aryl methyl sites for hydroxylation is 2. The van der Waals surface area contributed by atoms with Crippen LogP contribution in [0, 0.1) is 13.8 Å². The molecule has 11 nitrogen and oxygen atoms in total. The molecule has 11 heteroatoms. The lowest BCUT2D eigenvalue weighted by molar-refractivity contribution is -0.139. The number of carbonyl (C=O) groups excluding carboxylic acids is 3. The number of nitrogens with zero attached hydrogens (tertiary/aromatic N) is 4. The quantitative estimate of drug-likeness (QED) is 0.703. The largest absolute Gasteiger partial charge is 0.463 e. The Morgan fingerprint density at radius 3 is 2.68 bits per heavy atom. The Bertz CT molecular complexity index is 995. The Morgan fingerprint density at radius 2 is 1.96 bits per heavy atom. The van der Waals surface area contributed by atoms with E-state index in [9.17, 15) is 14.4 Å². The van der Waals surface area contributed by atoms with Gasteiger partial charge >= 0.3 is 18.0 Å². The van der Waals surface area contributed by atoms with Crippen LogP contribution in [0.2, 0.25) is 0 Å². The minimum absolute atomic E-state index is 0.150. The first kappa shape index (κ1) is 19.3. The lowest BCUT2D eigenvalue weighted by Crippen LogP contribution is -2.50. The number of hydrogen-bond donors (Lipinski definition) is 2. The summed E-state index contributed by atoms with van der Waals surface area (Å²) < 4.78 is 11.6. The van der Waals surface area contributed by atoms with E-state index in [1.54, 1.807) is 19.9 Å². The van der Waals surface area contributed by atoms with Crippen LogP contribution >= 0.6 is 0 Å². The van der Waals surface area contributed by atoms with Gasteiger partial charge in [-0.15, -0.1) is 5.10 Å². The Morgan fingerprint density at radius 1 is 1.21 bits per heavy atom. The number of aromatic nitrogens is 4. The summed E-state index contributed by atoms with van der Waals surface area (Å²) in [4.78, 5) is 44.5. The molecule has 0 aromatic carbocycles. The fraction of sp³-hybridized carbons (Fsp3) is 0.412. The monoisotopic (exact) mass is 388 g/mol. The molecule has 1 atom stereocenters. The first-order valence-electron chi connectivity index (χ1n) is 8.66. The zero-order valence-corrected chi connectivity index (χ0v) is 15.9. The van der Waals surface area contributed by atoms with Crippen molar-refractivity contribution < 1.29 is 23.9 Å². The molecule has 1 aliphatic rings. The highest BCUT2D eigenvalue weighted by Gasteiger charge is 2.30. The standard InChI is InChI=1S/C17H20N6O5/c1-5-27-14(24)12-10(4)19-17(26)20-11(12)7-28-15(25)13-21-16-18-8(2)6-9(3)23(16)22-13/h6,10H,5,7H2,1-4H3,(H2,19,20,26)/t10-/m1/s1. The summed E-state index contributed by atoms with van der Waals surface area (Å²) in [5, 5.41) is 9.13. The molecule has 0 unspecified atom stereocenters. The van der Waals surface area contributed by atoms with Crippen LogP contribution in [0.1, 0.15) is 35.9 Å². The number of amides is 2. The van der Waals surface area contributed by atoms with E-state index in [0.717, 1.165) is 11.4 Å². The summed E-state index contributed by atoms with van der Waals surface area (Å²) in [5.41, 5.74) is 1.84. The fourth-order valence-electron chi connectivity index (χ4n) is 2.85. The third-order valence-corrected chi connectivity index (χ3v) is 4.01. The molecule has 28 heavy (non-hydrogen) atoms. The van der Waals surface area contributed by atoms with Gasteiger partial charge in [-0.05, 0) is 33.8 Å². The molecule has 2 aromatic heterocycles. The molecule has 148 valence electrons. The smallest absolute Gasteiger partial charge is 0.378 e. The molecule has 0 aliphatic carbocycles. The van der Waals surface area contributed by atoms with Gasteiger partial charge in [0.2, 0.25) is 0 Å². The van der Waals surface area contributed by atoms with E-state index in [4.69, 9.17) is 9.47 Å². The van der Waals surface area contributed by atoms with Gasteiger partial charge in [0.15, 0.2) is 0 Å². The maximum absolute atomic E-state index is 12.4. The lowest BCUT2D eigenvalue weighted by atomic mass is 10.0. The van der Waals surface area contributed by atoms with Crippen molar-refractivity contribution in [1.82, 2.24) is 30.2 Å². The molecular weight excluding hydrogens is 368 g/mol. The maximum Gasteiger partial charge on any atom is 0.378 e. The molecule has 2 amide bonds. The van der Waals surface area contributed by atoms with Crippen LogP contribution in [0.25, 0.3) is 5.78 Å². The van der Waals surface area contributed by atoms with Gasteiger partial charge in [-0.3, -0.25) is 0 Å². The van der Waals surface area contributed by atoms with Crippen molar-refractivity contribution in [2.75, 3.05) is 13.2 Å². The summed E-state index contributed by atoms with van der Waals surface area (Å²) in [5.74, 6) is -1.30. The van der Waals surface area contributed by atoms with Crippen molar-refractivity contribution in [2.24, 2.45) is 0 Å². The van der Waals surface area contributed by atoms with Gasteiger partial charge < -0.3 is 20.1 Å². The van der Waals surface area contributed by atoms with Crippen molar-refractivity contribution in [3.05, 3.63) is 34.5 Å². The van der Waals surface area contributed by atoms with Gasteiger partial charge in [-0.2, -0.15) is 4.98 Å². The molecule has 0 saturated heterocycles. The fourth-order valence-corrected chi connectivity index (χ4v) is 2.85. The molecular formula is C17H20N6O5. The number of ether oxygens (including phenoxy) is 2. The molecule has 0 spiro atoms. The highest BCUT2D eigenvalue weighted by atomic mass is 16.5. The van der Waals surface area contributed by atoms with Gasteiger partial charge in [0, 0.05) is 11.4 Å². The number of nitrogens with one attached hydrogen (secondary N) is 2. The average molecular weight is 388 g/mol. The second-order valence-electron chi connectivity index (χ2n) is 6.20. The number of rotatable bonds is 5. The zero-order chi connectivity index (χ0) is 20.4. The Kier molecular flexibility index (Phi) is 5.25. The summed E-state index contributed by atoms with van der Waals surface area (Å²) >= 11 is 0. The van der Waals surface area contributed by atoms with Crippen molar-refractivity contribution in [1.29, 1.82) is 0 Å². The number of urea groups is 1. The highest BCUT2D eigenvalue weighted by Crippen LogP contribution is 2.15. The molecule has 0 radical (unpaired) electrons. The van der Waals surface area contributed by atoms with Gasteiger partial charge in [-0.25, -0.2) is 23.9 Å². The van der Waals surface area contributed by atoms with Crippen LogP contribution in [-0.2, 0) is 14.3 Å². The van der Waals surface area contributed by atoms with E-state index < -0.39 is 24.0 Å². The van der Waals surface area contributed by atoms with Gasteiger partial charge in [0.05, 0.1) is 23.9 Å². The minimum atomic E-state index is -0.807. The zero-order valence-electron chi connectivity index (χ0n) is 15.9. The highest BCUT2D eigenvalue weighted by molar-refractivity contribution is 5.95. The van der Waals surface area contributed by atoms with Crippen LogP contribution in [-0.4, -0.2) is 56.8 Å². The SMILES string of the molecule is CCOC(=O)C1=C(COC(=O)c2nc3nc(C)cc(C)n3n2)NC(=O)N[C@@H]1C. The van der Waals surface area contributed by atoms with Crippen molar-refractivity contribution in [3.8, 4) is 0 Å². The normalized spacial score (nSPS) is 16.6. The van der Waals surface area contributed by atoms with E-state index in [1.165, 1.54) is 4.52 Å². The molecule has 2 N–H and O–H groups in total. The van der Waals surface area contributed by atoms with Gasteiger partial charge in [-0.1, -0.05) is 0 Å². The van der Waals surface area contributed by atoms with Gasteiger partial charge in [0.1, 0.15) is 6.61 Å². The average Bonchev–Trinajstić information content (AvgIpc) is 3.03. The van der Waals surface area contributed by atoms with E-state index in [0.29, 0.717) is 0 Å². The molecule has 0 saturated carbocycles. The second kappa shape index (κ2) is 7.62. The van der Waals surface area contributed by atoms with E-state index >= 15 is 0 Å². The Labute approximate surface area is 160 Å². The van der Waals surface area contributed by atoms with Crippen LogP contribution in [0.3, 0.4) is 0 Å². The van der Waals surface area contributed by atoms with E-state index in [-0.39, 0.29) is 36.1 Å². The van der Waals surface area contributed by atoms with Crippen LogP contribution < -0.4 is 10.6 Å². The van der Waals surface area contributed by atoms with Gasteiger partial charge in [0.25, 0.3) is 11.6 Å². The first-order valence-corrected chi connectivity index (χ1v) is 8.66. The predicted octanol–water partition coefficient (Wildman–Crippen LogP) is 0.416. The summed E-state index contributed by atoms with van der Waals surface area (Å²) in [6.07, 6.45) is 0. The van der Waals surface area contributed by atoms with Crippen LogP contribution in [0.5, 0.6) is 0 Å². The molecule has 3 heterocycles. The van der Waals surface area contributed by atoms with E-state index in [1.807, 2.05) is 13.8 Å². The number of hydrogen-bond acceptors (Lipinski definition) is 8. The number of fused-ring (bicyclic) bond motifs is 1. The number of esters is 2.